The largest absolute Gasteiger partial charge is 0.444 e. The number of hydrogen-bond acceptors (Lipinski definition) is 4. The minimum absolute atomic E-state index is 0.125. The van der Waals surface area contributed by atoms with E-state index in [4.69, 9.17) is 9.16 Å². The maximum atomic E-state index is 13.2. The number of carbonyl (C=O) groups is 2. The summed E-state index contributed by atoms with van der Waals surface area (Å²) in [6, 6.07) is 9.05. The summed E-state index contributed by atoms with van der Waals surface area (Å²) < 4.78 is 12.0. The van der Waals surface area contributed by atoms with Gasteiger partial charge in [0.05, 0.1) is 12.4 Å². The summed E-state index contributed by atoms with van der Waals surface area (Å²) in [6.45, 7) is 15.9. The third kappa shape index (κ3) is 9.52. The second-order valence-corrected chi connectivity index (χ2v) is 15.5. The summed E-state index contributed by atoms with van der Waals surface area (Å²) in [7, 11) is 1.22. The normalized spacial score (nSPS) is 14.7. The van der Waals surface area contributed by atoms with Crippen LogP contribution in [0.2, 0.25) is 18.1 Å². The van der Waals surface area contributed by atoms with Crippen LogP contribution >= 0.6 is 0 Å². The van der Waals surface area contributed by atoms with E-state index in [-0.39, 0.29) is 5.04 Å². The van der Waals surface area contributed by atoms with E-state index in [2.05, 4.69) is 44.2 Å². The summed E-state index contributed by atoms with van der Waals surface area (Å²) in [4.78, 5) is 31.7. The minimum atomic E-state index is -2.37. The first-order chi connectivity index (χ1) is 14.5. The van der Waals surface area contributed by atoms with Crippen molar-refractivity contribution in [3.8, 4) is 0 Å². The highest BCUT2D eigenvalue weighted by Gasteiger charge is 2.43. The van der Waals surface area contributed by atoms with Crippen LogP contribution in [0.3, 0.4) is 0 Å². The lowest BCUT2D eigenvalue weighted by Gasteiger charge is -2.40. The van der Waals surface area contributed by atoms with Gasteiger partial charge in [0.2, 0.25) is 0 Å². The van der Waals surface area contributed by atoms with Gasteiger partial charge < -0.3 is 19.4 Å². The molecule has 2 amide bonds. The van der Waals surface area contributed by atoms with E-state index >= 15 is 0 Å². The molecular formula is C24H41N3O4Si. The number of carbonyl (C=O) groups excluding carboxylic acids is 2. The third-order valence-electron chi connectivity index (χ3n) is 5.25. The fraction of sp³-hybridized carbons (Fsp3) is 0.625. The molecule has 0 aliphatic heterocycles. The van der Waals surface area contributed by atoms with Crippen molar-refractivity contribution in [3.05, 3.63) is 35.9 Å². The highest BCUT2D eigenvalue weighted by molar-refractivity contribution is 6.74. The van der Waals surface area contributed by atoms with Crippen LogP contribution in [0.4, 0.5) is 4.79 Å². The van der Waals surface area contributed by atoms with E-state index in [0.717, 1.165) is 5.56 Å². The van der Waals surface area contributed by atoms with E-state index in [0.29, 0.717) is 6.42 Å². The van der Waals surface area contributed by atoms with Gasteiger partial charge in [-0.15, -0.1) is 0 Å². The molecule has 8 heteroatoms. The lowest BCUT2D eigenvalue weighted by molar-refractivity contribution is -0.126. The summed E-state index contributed by atoms with van der Waals surface area (Å²) >= 11 is 0. The van der Waals surface area contributed by atoms with Crippen molar-refractivity contribution in [2.45, 2.75) is 83.8 Å². The van der Waals surface area contributed by atoms with Crippen LogP contribution in [0.25, 0.3) is 0 Å². The molecule has 0 saturated heterocycles. The molecule has 0 spiro atoms. The van der Waals surface area contributed by atoms with Crippen molar-refractivity contribution < 1.29 is 18.8 Å². The van der Waals surface area contributed by atoms with Crippen molar-refractivity contribution >= 4 is 26.7 Å². The van der Waals surface area contributed by atoms with E-state index in [1.807, 2.05) is 30.3 Å². The summed E-state index contributed by atoms with van der Waals surface area (Å²) in [6.07, 6.45) is 0.325. The number of aliphatic imine (C=N–C) groups is 1. The number of rotatable bonds is 8. The molecule has 0 aromatic heterocycles. The van der Waals surface area contributed by atoms with Crippen molar-refractivity contribution in [2.75, 3.05) is 14.1 Å². The van der Waals surface area contributed by atoms with E-state index in [9.17, 15) is 9.59 Å². The Morgan fingerprint density at radius 3 is 2.12 bits per heavy atom. The van der Waals surface area contributed by atoms with Crippen LogP contribution in [-0.2, 0) is 20.4 Å². The number of hydrogen-bond donors (Lipinski definition) is 1. The molecule has 0 bridgehead atoms. The first-order valence-electron chi connectivity index (χ1n) is 11.0. The van der Waals surface area contributed by atoms with Gasteiger partial charge >= 0.3 is 6.09 Å². The Kier molecular flexibility index (Phi) is 9.65. The fourth-order valence-electron chi connectivity index (χ4n) is 2.61. The van der Waals surface area contributed by atoms with Crippen molar-refractivity contribution in [2.24, 2.45) is 4.99 Å². The Morgan fingerprint density at radius 2 is 1.66 bits per heavy atom. The first kappa shape index (κ1) is 27.8. The highest BCUT2D eigenvalue weighted by Crippen LogP contribution is 2.38. The second kappa shape index (κ2) is 11.1. The molecule has 0 aliphatic rings. The molecule has 32 heavy (non-hydrogen) atoms. The molecule has 0 fully saturated rings. The molecule has 1 aromatic rings. The molecule has 7 nitrogen and oxygen atoms in total. The SMILES string of the molecule is CN(C)C=NC(=O)C(O[Si](C)(C)C(C)(C)C)C(Cc1ccccc1)NC(=O)OC(C)(C)C. The maximum absolute atomic E-state index is 13.2. The summed E-state index contributed by atoms with van der Waals surface area (Å²) in [5, 5.41) is 2.77. The van der Waals surface area contributed by atoms with Gasteiger partial charge in [0.1, 0.15) is 11.7 Å². The highest BCUT2D eigenvalue weighted by atomic mass is 28.4. The molecule has 180 valence electrons. The number of nitrogens with one attached hydrogen (secondary N) is 1. The number of benzene rings is 1. The number of amides is 2. The molecule has 1 N–H and O–H groups in total. The lowest BCUT2D eigenvalue weighted by Crippen LogP contribution is -2.55. The molecule has 1 rings (SSSR count). The monoisotopic (exact) mass is 463 g/mol. The minimum Gasteiger partial charge on any atom is -0.444 e. The predicted octanol–water partition coefficient (Wildman–Crippen LogP) is 4.63. The number of nitrogens with zero attached hydrogens (tertiary/aromatic N) is 2. The average Bonchev–Trinajstić information content (AvgIpc) is 2.62. The Hall–Kier alpha value is -2.19. The molecule has 2 unspecified atom stereocenters. The zero-order valence-corrected chi connectivity index (χ0v) is 22.4. The molecule has 0 radical (unpaired) electrons. The zero-order valence-electron chi connectivity index (χ0n) is 21.4. The van der Waals surface area contributed by atoms with E-state index < -0.39 is 38.1 Å². The van der Waals surface area contributed by atoms with Gasteiger partial charge in [-0.3, -0.25) is 4.79 Å². The van der Waals surface area contributed by atoms with Crippen LogP contribution < -0.4 is 5.32 Å². The topological polar surface area (TPSA) is 80.2 Å². The molecule has 0 heterocycles. The zero-order chi connectivity index (χ0) is 24.7. The molecule has 0 saturated carbocycles. The smallest absolute Gasteiger partial charge is 0.407 e. The van der Waals surface area contributed by atoms with Gasteiger partial charge in [0.15, 0.2) is 8.32 Å². The predicted molar refractivity (Wildman–Crippen MR) is 133 cm³/mol. The molecule has 2 atom stereocenters. The van der Waals surface area contributed by atoms with Crippen molar-refractivity contribution in [1.29, 1.82) is 0 Å². The Morgan fingerprint density at radius 1 is 1.09 bits per heavy atom. The molecular weight excluding hydrogens is 422 g/mol. The summed E-state index contributed by atoms with van der Waals surface area (Å²) in [5.41, 5.74) is 0.311. The van der Waals surface area contributed by atoms with Crippen LogP contribution in [-0.4, -0.2) is 63.4 Å². The standard InChI is InChI=1S/C24H41N3O4Si/c1-23(2,3)30-22(29)26-19(16-18-14-12-11-13-15-18)20(21(28)25-17-27(7)8)31-32(9,10)24(4,5)6/h11-15,17,19-20H,16H2,1-10H3,(H,26,29). The first-order valence-corrected chi connectivity index (χ1v) is 13.9. The molecule has 1 aromatic carbocycles. The fourth-order valence-corrected chi connectivity index (χ4v) is 3.86. The van der Waals surface area contributed by atoms with Gasteiger partial charge in [-0.2, -0.15) is 0 Å². The Balaban J connectivity index is 3.38. The van der Waals surface area contributed by atoms with Gasteiger partial charge in [-0.05, 0) is 50.9 Å². The van der Waals surface area contributed by atoms with Crippen LogP contribution in [0.5, 0.6) is 0 Å². The Bertz CT molecular complexity index is 781. The van der Waals surface area contributed by atoms with Gasteiger partial charge in [-0.1, -0.05) is 51.1 Å². The van der Waals surface area contributed by atoms with E-state index in [1.165, 1.54) is 6.34 Å². The average molecular weight is 464 g/mol. The lowest BCUT2D eigenvalue weighted by atomic mass is 10.0. The van der Waals surface area contributed by atoms with Gasteiger partial charge in [0, 0.05) is 14.1 Å². The Labute approximate surface area is 194 Å². The van der Waals surface area contributed by atoms with Crippen LogP contribution in [0.1, 0.15) is 47.1 Å². The van der Waals surface area contributed by atoms with Gasteiger partial charge in [0.25, 0.3) is 5.91 Å². The van der Waals surface area contributed by atoms with Crippen LogP contribution in [0, 0.1) is 0 Å². The van der Waals surface area contributed by atoms with E-state index in [1.54, 1.807) is 39.8 Å². The third-order valence-corrected chi connectivity index (χ3v) is 9.71. The number of ether oxygens (including phenoxy) is 1. The second-order valence-electron chi connectivity index (χ2n) is 10.8. The number of alkyl carbamates (subject to hydrolysis) is 1. The van der Waals surface area contributed by atoms with Crippen LogP contribution in [0.15, 0.2) is 35.3 Å². The quantitative estimate of drug-likeness (QED) is 0.345. The van der Waals surface area contributed by atoms with Crippen molar-refractivity contribution in [3.63, 3.8) is 0 Å². The van der Waals surface area contributed by atoms with Gasteiger partial charge in [-0.25, -0.2) is 9.79 Å². The molecule has 0 aliphatic carbocycles. The van der Waals surface area contributed by atoms with Crippen molar-refractivity contribution in [1.82, 2.24) is 10.2 Å². The summed E-state index contributed by atoms with van der Waals surface area (Å²) in [5.74, 6) is -0.430. The maximum Gasteiger partial charge on any atom is 0.407 e.